The second-order valence-electron chi connectivity index (χ2n) is 4.90. The van der Waals surface area contributed by atoms with Crippen LogP contribution < -0.4 is 0 Å². The van der Waals surface area contributed by atoms with E-state index in [-0.39, 0.29) is 6.42 Å². The van der Waals surface area contributed by atoms with Gasteiger partial charge in [0.2, 0.25) is 6.36 Å². The van der Waals surface area contributed by atoms with Gasteiger partial charge in [0.15, 0.2) is 6.17 Å². The first-order valence-electron chi connectivity index (χ1n) is 6.55. The quantitative estimate of drug-likeness (QED) is 0.337. The molecule has 0 spiro atoms. The molecule has 1 aliphatic rings. The van der Waals surface area contributed by atoms with Crippen LogP contribution in [0.4, 0.5) is 8.78 Å². The minimum Gasteiger partial charge on any atom is -0.462 e. The Kier molecular flexibility index (Phi) is 6.16. The van der Waals surface area contributed by atoms with Crippen molar-refractivity contribution in [3.63, 3.8) is 0 Å². The van der Waals surface area contributed by atoms with Crippen molar-refractivity contribution < 1.29 is 23.0 Å². The minimum absolute atomic E-state index is 0.238. The summed E-state index contributed by atoms with van der Waals surface area (Å²) in [5, 5.41) is 3.32. The van der Waals surface area contributed by atoms with Crippen LogP contribution >= 0.6 is 0 Å². The fourth-order valence-electron chi connectivity index (χ4n) is 2.32. The predicted octanol–water partition coefficient (Wildman–Crippen LogP) is 3.07. The van der Waals surface area contributed by atoms with Crippen LogP contribution in [0.5, 0.6) is 0 Å². The lowest BCUT2D eigenvalue weighted by Gasteiger charge is -2.39. The summed E-state index contributed by atoms with van der Waals surface area (Å²) >= 11 is 0. The maximum Gasteiger partial charge on any atom is 0.302 e. The summed E-state index contributed by atoms with van der Waals surface area (Å²) in [7, 11) is 0. The van der Waals surface area contributed by atoms with Crippen molar-refractivity contribution in [3.8, 4) is 0 Å². The van der Waals surface area contributed by atoms with Crippen LogP contribution in [-0.4, -0.2) is 36.7 Å². The molecule has 0 N–H and O–H groups in total. The molecule has 5 unspecified atom stereocenters. The number of carbonyl (C=O) groups excluding carboxylic acids is 1. The van der Waals surface area contributed by atoms with Crippen molar-refractivity contribution in [1.82, 2.24) is 0 Å². The summed E-state index contributed by atoms with van der Waals surface area (Å²) in [6, 6.07) is -1.12. The maximum atomic E-state index is 13.6. The highest BCUT2D eigenvalue weighted by atomic mass is 19.2. The Labute approximate surface area is 116 Å². The van der Waals surface area contributed by atoms with Crippen LogP contribution in [0.25, 0.3) is 10.4 Å². The number of nitrogens with zero attached hydrogens (tertiary/aromatic N) is 3. The Balaban J connectivity index is 2.78. The van der Waals surface area contributed by atoms with Gasteiger partial charge in [-0.05, 0) is 17.9 Å². The molecule has 0 bridgehead atoms. The molecular weight excluding hydrogens is 272 g/mol. The monoisotopic (exact) mass is 291 g/mol. The average molecular weight is 291 g/mol. The van der Waals surface area contributed by atoms with E-state index in [0.717, 1.165) is 0 Å². The van der Waals surface area contributed by atoms with Gasteiger partial charge in [0, 0.05) is 18.3 Å². The first-order chi connectivity index (χ1) is 9.40. The molecule has 0 aliphatic carbocycles. The van der Waals surface area contributed by atoms with Crippen LogP contribution in [0, 0.1) is 5.92 Å². The van der Waals surface area contributed by atoms with Crippen molar-refractivity contribution in [2.75, 3.05) is 0 Å². The minimum atomic E-state index is -2.14. The highest BCUT2D eigenvalue weighted by Gasteiger charge is 2.44. The van der Waals surface area contributed by atoms with Gasteiger partial charge in [0.25, 0.3) is 0 Å². The van der Waals surface area contributed by atoms with Gasteiger partial charge in [0.1, 0.15) is 6.10 Å². The number of hydrogen-bond acceptors (Lipinski definition) is 4. The number of ether oxygens (including phenoxy) is 2. The lowest BCUT2D eigenvalue weighted by Crippen LogP contribution is -2.50. The van der Waals surface area contributed by atoms with Crippen LogP contribution in [0.1, 0.15) is 33.6 Å². The molecule has 1 fully saturated rings. The molecule has 0 aromatic carbocycles. The first-order valence-corrected chi connectivity index (χ1v) is 6.55. The zero-order valence-electron chi connectivity index (χ0n) is 11.7. The molecule has 0 radical (unpaired) electrons. The smallest absolute Gasteiger partial charge is 0.302 e. The summed E-state index contributed by atoms with van der Waals surface area (Å²) in [5.74, 6) is -0.940. The van der Waals surface area contributed by atoms with Crippen molar-refractivity contribution in [2.45, 2.75) is 64.4 Å². The van der Waals surface area contributed by atoms with Gasteiger partial charge in [-0.15, -0.1) is 0 Å². The summed E-state index contributed by atoms with van der Waals surface area (Å²) in [6.45, 7) is 4.73. The third kappa shape index (κ3) is 4.05. The van der Waals surface area contributed by atoms with E-state index < -0.39 is 42.7 Å². The largest absolute Gasteiger partial charge is 0.462 e. The molecule has 1 saturated heterocycles. The van der Waals surface area contributed by atoms with Crippen molar-refractivity contribution in [1.29, 1.82) is 0 Å². The van der Waals surface area contributed by atoms with Crippen LogP contribution in [-0.2, 0) is 14.3 Å². The Morgan fingerprint density at radius 1 is 1.55 bits per heavy atom. The topological polar surface area (TPSA) is 84.3 Å². The maximum absolute atomic E-state index is 13.6. The number of rotatable bonds is 5. The molecule has 0 amide bonds. The molecule has 20 heavy (non-hydrogen) atoms. The van der Waals surface area contributed by atoms with Crippen molar-refractivity contribution in [2.24, 2.45) is 11.0 Å². The van der Waals surface area contributed by atoms with Crippen LogP contribution in [0.15, 0.2) is 5.11 Å². The second kappa shape index (κ2) is 7.40. The van der Waals surface area contributed by atoms with E-state index in [1.807, 2.05) is 6.92 Å². The molecule has 0 aromatic rings. The van der Waals surface area contributed by atoms with Gasteiger partial charge in [-0.2, -0.15) is 0 Å². The molecule has 1 rings (SSSR count). The fraction of sp³-hybridized carbons (Fsp3) is 0.917. The van der Waals surface area contributed by atoms with Gasteiger partial charge >= 0.3 is 5.97 Å². The second-order valence-corrected chi connectivity index (χ2v) is 4.90. The summed E-state index contributed by atoms with van der Waals surface area (Å²) in [5.41, 5.74) is 8.43. The van der Waals surface area contributed by atoms with Gasteiger partial charge in [-0.25, -0.2) is 8.78 Å². The Morgan fingerprint density at radius 2 is 2.20 bits per heavy atom. The molecule has 1 heterocycles. The lowest BCUT2D eigenvalue weighted by molar-refractivity contribution is -0.193. The zero-order valence-corrected chi connectivity index (χ0v) is 11.7. The molecule has 0 aromatic heterocycles. The molecule has 1 aliphatic heterocycles. The van der Waals surface area contributed by atoms with Crippen molar-refractivity contribution in [3.05, 3.63) is 10.4 Å². The van der Waals surface area contributed by atoms with E-state index in [9.17, 15) is 13.6 Å². The van der Waals surface area contributed by atoms with E-state index in [4.69, 9.17) is 15.0 Å². The van der Waals surface area contributed by atoms with Crippen LogP contribution in [0.2, 0.25) is 0 Å². The summed E-state index contributed by atoms with van der Waals surface area (Å²) < 4.78 is 37.2. The van der Waals surface area contributed by atoms with E-state index >= 15 is 0 Å². The van der Waals surface area contributed by atoms with Gasteiger partial charge in [-0.1, -0.05) is 19.0 Å². The van der Waals surface area contributed by atoms with E-state index in [0.29, 0.717) is 6.42 Å². The van der Waals surface area contributed by atoms with Crippen molar-refractivity contribution >= 4 is 5.97 Å². The number of esters is 1. The van der Waals surface area contributed by atoms with E-state index in [1.165, 1.54) is 6.92 Å². The molecule has 0 saturated carbocycles. The fourth-order valence-corrected chi connectivity index (χ4v) is 2.32. The average Bonchev–Trinajstić information content (AvgIpc) is 2.39. The van der Waals surface area contributed by atoms with E-state index in [1.54, 1.807) is 6.92 Å². The molecule has 114 valence electrons. The van der Waals surface area contributed by atoms with Gasteiger partial charge in [0.05, 0.1) is 12.1 Å². The highest BCUT2D eigenvalue weighted by molar-refractivity contribution is 5.66. The standard InChI is InChI=1S/C12H19F2N3O3/c1-4-8(19-7(3)18)5-9-6(2)11(16-17-15)10(13)12(14)20-9/h6,8-12H,4-5H2,1-3H3/t6?,8-,9?,10?,11?,12?/m1/s1. The summed E-state index contributed by atoms with van der Waals surface area (Å²) in [4.78, 5) is 13.5. The number of hydrogen-bond donors (Lipinski definition) is 0. The molecule has 8 heteroatoms. The normalized spacial score (nSPS) is 35.0. The third-order valence-corrected chi connectivity index (χ3v) is 3.47. The SMILES string of the molecule is CC[C@H](CC1OC(F)C(F)C(N=[N+]=[N-])C1C)OC(C)=O. The van der Waals surface area contributed by atoms with Crippen LogP contribution in [0.3, 0.4) is 0 Å². The Bertz CT molecular complexity index is 390. The van der Waals surface area contributed by atoms with Gasteiger partial charge < -0.3 is 9.47 Å². The summed E-state index contributed by atoms with van der Waals surface area (Å²) in [6.07, 6.45) is -4.45. The number of alkyl halides is 2. The highest BCUT2D eigenvalue weighted by Crippen LogP contribution is 2.33. The number of azide groups is 1. The number of halogens is 2. The first kappa shape index (κ1) is 16.7. The Hall–Kier alpha value is -1.40. The third-order valence-electron chi connectivity index (χ3n) is 3.47. The zero-order chi connectivity index (χ0) is 15.3. The number of carbonyl (C=O) groups is 1. The molecule has 6 nitrogen and oxygen atoms in total. The van der Waals surface area contributed by atoms with E-state index in [2.05, 4.69) is 10.0 Å². The Morgan fingerprint density at radius 3 is 2.70 bits per heavy atom. The molecular formula is C12H19F2N3O3. The molecule has 6 atom stereocenters. The van der Waals surface area contributed by atoms with Gasteiger partial charge in [-0.3, -0.25) is 4.79 Å². The predicted molar refractivity (Wildman–Crippen MR) is 67.2 cm³/mol. The lowest BCUT2D eigenvalue weighted by atomic mass is 9.86.